The Morgan fingerprint density at radius 3 is 2.70 bits per heavy atom. The molecule has 0 radical (unpaired) electrons. The molecule has 0 aliphatic heterocycles. The number of methoxy groups -OCH3 is 1. The van der Waals surface area contributed by atoms with Gasteiger partial charge in [-0.15, -0.1) is 0 Å². The summed E-state index contributed by atoms with van der Waals surface area (Å²) in [5.74, 6) is 1.43. The van der Waals surface area contributed by atoms with Gasteiger partial charge in [0, 0.05) is 6.20 Å². The van der Waals surface area contributed by atoms with Gasteiger partial charge >= 0.3 is 0 Å². The molecule has 0 spiro atoms. The number of nitrogens with zero attached hydrogens (tertiary/aromatic N) is 1. The molecule has 1 aromatic heterocycles. The number of amides is 1. The Bertz CT molecular complexity index is 523. The van der Waals surface area contributed by atoms with E-state index in [0.717, 1.165) is 11.4 Å². The average Bonchev–Trinajstić information content (AvgIpc) is 2.99. The van der Waals surface area contributed by atoms with Crippen molar-refractivity contribution in [3.63, 3.8) is 0 Å². The fourth-order valence-corrected chi connectivity index (χ4v) is 1.60. The van der Waals surface area contributed by atoms with Crippen molar-refractivity contribution in [3.05, 3.63) is 42.5 Å². The number of hydrogen-bond donors (Lipinski definition) is 2. The van der Waals surface area contributed by atoms with Gasteiger partial charge in [-0.25, -0.2) is 4.98 Å². The van der Waals surface area contributed by atoms with Crippen LogP contribution >= 0.6 is 0 Å². The predicted octanol–water partition coefficient (Wildman–Crippen LogP) is 1.50. The largest absolute Gasteiger partial charge is 0.497 e. The van der Waals surface area contributed by atoms with E-state index in [-0.39, 0.29) is 5.91 Å². The van der Waals surface area contributed by atoms with Crippen molar-refractivity contribution in [3.8, 4) is 11.5 Å². The molecule has 6 heteroatoms. The van der Waals surface area contributed by atoms with Crippen LogP contribution < -0.4 is 14.8 Å². The lowest BCUT2D eigenvalue weighted by atomic mass is 10.3. The molecule has 1 heterocycles. The van der Waals surface area contributed by atoms with Crippen LogP contribution in [-0.2, 0) is 11.3 Å². The highest BCUT2D eigenvalue weighted by molar-refractivity contribution is 5.75. The van der Waals surface area contributed by atoms with E-state index in [1.54, 1.807) is 31.8 Å². The first-order valence-electron chi connectivity index (χ1n) is 6.29. The van der Waals surface area contributed by atoms with Crippen LogP contribution in [0.4, 0.5) is 0 Å². The topological polar surface area (TPSA) is 76.2 Å². The molecule has 2 N–H and O–H groups in total. The standard InChI is InChI=1S/C14H17N3O3/c1-19-12-2-4-13(5-3-12)20-7-6-14(18)16-9-11-8-15-10-17-11/h2-5,8,10H,6-7,9H2,1H3,(H,15,17)(H,16,18). The van der Waals surface area contributed by atoms with Crippen molar-refractivity contribution in [2.24, 2.45) is 0 Å². The second-order valence-corrected chi connectivity index (χ2v) is 4.13. The molecule has 0 saturated heterocycles. The maximum Gasteiger partial charge on any atom is 0.223 e. The van der Waals surface area contributed by atoms with E-state index in [4.69, 9.17) is 9.47 Å². The first-order valence-corrected chi connectivity index (χ1v) is 6.29. The summed E-state index contributed by atoms with van der Waals surface area (Å²) >= 11 is 0. The van der Waals surface area contributed by atoms with E-state index in [9.17, 15) is 4.79 Å². The van der Waals surface area contributed by atoms with Gasteiger partial charge in [0.15, 0.2) is 0 Å². The summed E-state index contributed by atoms with van der Waals surface area (Å²) in [7, 11) is 1.61. The highest BCUT2D eigenvalue weighted by Crippen LogP contribution is 2.16. The number of benzene rings is 1. The van der Waals surface area contributed by atoms with Gasteiger partial charge in [-0.2, -0.15) is 0 Å². The van der Waals surface area contributed by atoms with Crippen molar-refractivity contribution in [2.45, 2.75) is 13.0 Å². The van der Waals surface area contributed by atoms with Crippen LogP contribution in [0.2, 0.25) is 0 Å². The number of hydrogen-bond acceptors (Lipinski definition) is 4. The molecule has 2 aromatic rings. The van der Waals surface area contributed by atoms with Crippen LogP contribution in [0.15, 0.2) is 36.8 Å². The van der Waals surface area contributed by atoms with Crippen LogP contribution in [0.5, 0.6) is 11.5 Å². The maximum atomic E-state index is 11.6. The first kappa shape index (κ1) is 13.9. The third-order valence-corrected chi connectivity index (χ3v) is 2.69. The average molecular weight is 275 g/mol. The first-order chi connectivity index (χ1) is 9.78. The highest BCUT2D eigenvalue weighted by atomic mass is 16.5. The Labute approximate surface area is 117 Å². The van der Waals surface area contributed by atoms with Gasteiger partial charge < -0.3 is 19.8 Å². The molecule has 1 amide bonds. The summed E-state index contributed by atoms with van der Waals surface area (Å²) < 4.78 is 10.5. The second-order valence-electron chi connectivity index (χ2n) is 4.13. The van der Waals surface area contributed by atoms with Crippen molar-refractivity contribution < 1.29 is 14.3 Å². The fraction of sp³-hybridized carbons (Fsp3) is 0.286. The molecule has 2 rings (SSSR count). The zero-order valence-electron chi connectivity index (χ0n) is 11.3. The van der Waals surface area contributed by atoms with E-state index in [1.807, 2.05) is 12.1 Å². The number of aromatic nitrogens is 2. The van der Waals surface area contributed by atoms with E-state index in [2.05, 4.69) is 15.3 Å². The monoisotopic (exact) mass is 275 g/mol. The molecule has 0 unspecified atom stereocenters. The molecule has 0 saturated carbocycles. The third kappa shape index (κ3) is 4.31. The normalized spacial score (nSPS) is 10.1. The van der Waals surface area contributed by atoms with Crippen LogP contribution in [0.1, 0.15) is 12.1 Å². The summed E-state index contributed by atoms with van der Waals surface area (Å²) in [6.45, 7) is 0.780. The van der Waals surface area contributed by atoms with Crippen LogP contribution in [-0.4, -0.2) is 29.6 Å². The minimum atomic E-state index is -0.0619. The summed E-state index contributed by atoms with van der Waals surface area (Å²) in [5.41, 5.74) is 0.870. The molecule has 6 nitrogen and oxygen atoms in total. The van der Waals surface area contributed by atoms with Gasteiger partial charge in [0.1, 0.15) is 11.5 Å². The van der Waals surface area contributed by atoms with Gasteiger partial charge in [0.2, 0.25) is 5.91 Å². The van der Waals surface area contributed by atoms with E-state index in [1.165, 1.54) is 0 Å². The molecule has 1 aromatic carbocycles. The zero-order valence-corrected chi connectivity index (χ0v) is 11.3. The Hall–Kier alpha value is -2.50. The lowest BCUT2D eigenvalue weighted by Gasteiger charge is -2.07. The quantitative estimate of drug-likeness (QED) is 0.803. The number of nitrogens with one attached hydrogen (secondary N) is 2. The van der Waals surface area contributed by atoms with E-state index in [0.29, 0.717) is 25.3 Å². The number of imidazole rings is 1. The number of rotatable bonds is 7. The Kier molecular flexibility index (Phi) is 5.00. The molecule has 20 heavy (non-hydrogen) atoms. The molecule has 0 atom stereocenters. The molecule has 0 fully saturated rings. The molecule has 0 aliphatic carbocycles. The summed E-state index contributed by atoms with van der Waals surface area (Å²) in [4.78, 5) is 18.4. The molecule has 0 bridgehead atoms. The molecule has 0 aliphatic rings. The SMILES string of the molecule is COc1ccc(OCCC(=O)NCc2cnc[nH]2)cc1. The molecular weight excluding hydrogens is 258 g/mol. The van der Waals surface area contributed by atoms with Crippen molar-refractivity contribution in [1.82, 2.24) is 15.3 Å². The zero-order chi connectivity index (χ0) is 14.2. The fourth-order valence-electron chi connectivity index (χ4n) is 1.60. The number of aromatic amines is 1. The highest BCUT2D eigenvalue weighted by Gasteiger charge is 2.03. The lowest BCUT2D eigenvalue weighted by Crippen LogP contribution is -2.24. The van der Waals surface area contributed by atoms with Gasteiger partial charge in [-0.1, -0.05) is 0 Å². The van der Waals surface area contributed by atoms with Crippen molar-refractivity contribution in [2.75, 3.05) is 13.7 Å². The lowest BCUT2D eigenvalue weighted by molar-refractivity contribution is -0.121. The number of H-pyrrole nitrogens is 1. The van der Waals surface area contributed by atoms with Gasteiger partial charge in [0.25, 0.3) is 0 Å². The van der Waals surface area contributed by atoms with E-state index >= 15 is 0 Å². The smallest absolute Gasteiger partial charge is 0.223 e. The van der Waals surface area contributed by atoms with Gasteiger partial charge in [-0.05, 0) is 24.3 Å². The molecule has 106 valence electrons. The Morgan fingerprint density at radius 2 is 2.05 bits per heavy atom. The minimum absolute atomic E-state index is 0.0619. The number of carbonyl (C=O) groups is 1. The minimum Gasteiger partial charge on any atom is -0.497 e. The summed E-state index contributed by atoms with van der Waals surface area (Å²) in [5, 5.41) is 2.78. The third-order valence-electron chi connectivity index (χ3n) is 2.69. The van der Waals surface area contributed by atoms with Gasteiger partial charge in [0.05, 0.1) is 38.7 Å². The van der Waals surface area contributed by atoms with Crippen molar-refractivity contribution in [1.29, 1.82) is 0 Å². The van der Waals surface area contributed by atoms with Crippen LogP contribution in [0.25, 0.3) is 0 Å². The maximum absolute atomic E-state index is 11.6. The molecular formula is C14H17N3O3. The number of carbonyl (C=O) groups excluding carboxylic acids is 1. The van der Waals surface area contributed by atoms with Crippen LogP contribution in [0, 0.1) is 0 Å². The Morgan fingerprint density at radius 1 is 1.30 bits per heavy atom. The number of ether oxygens (including phenoxy) is 2. The second kappa shape index (κ2) is 7.18. The summed E-state index contributed by atoms with van der Waals surface area (Å²) in [6, 6.07) is 7.24. The van der Waals surface area contributed by atoms with Crippen molar-refractivity contribution >= 4 is 5.91 Å². The predicted molar refractivity (Wildman–Crippen MR) is 73.5 cm³/mol. The van der Waals surface area contributed by atoms with E-state index < -0.39 is 0 Å². The van der Waals surface area contributed by atoms with Crippen LogP contribution in [0.3, 0.4) is 0 Å². The van der Waals surface area contributed by atoms with Gasteiger partial charge in [-0.3, -0.25) is 4.79 Å². The Balaban J connectivity index is 1.65. The summed E-state index contributed by atoms with van der Waals surface area (Å²) in [6.07, 6.45) is 3.56.